The second-order valence-corrected chi connectivity index (χ2v) is 5.57. The Morgan fingerprint density at radius 1 is 1.11 bits per heavy atom. The Labute approximate surface area is 110 Å². The normalized spacial score (nSPS) is 15.2. The number of fused-ring (bicyclic) bond motifs is 1. The minimum absolute atomic E-state index is 0.643. The smallest absolute Gasteiger partial charge is 0.190 e. The molecule has 4 nitrogen and oxygen atoms in total. The molecule has 0 radical (unpaired) electrons. The molecule has 0 saturated carbocycles. The van der Waals surface area contributed by atoms with Gasteiger partial charge in [-0.2, -0.15) is 0 Å². The summed E-state index contributed by atoms with van der Waals surface area (Å²) in [5, 5.41) is 2.88. The molecule has 0 spiro atoms. The van der Waals surface area contributed by atoms with Crippen molar-refractivity contribution in [3.8, 4) is 10.8 Å². The molecule has 2 heterocycles. The predicted molar refractivity (Wildman–Crippen MR) is 73.5 cm³/mol. The van der Waals surface area contributed by atoms with Crippen molar-refractivity contribution in [1.82, 2.24) is 15.0 Å². The summed E-state index contributed by atoms with van der Waals surface area (Å²) >= 11 is 1.58. The van der Waals surface area contributed by atoms with Crippen molar-refractivity contribution in [2.45, 2.75) is 39.0 Å². The number of anilines is 1. The molecule has 0 aromatic carbocycles. The number of rotatable bonds is 1. The molecule has 94 valence electrons. The highest BCUT2D eigenvalue weighted by Gasteiger charge is 2.16. The van der Waals surface area contributed by atoms with Crippen LogP contribution in [-0.2, 0) is 12.8 Å². The second kappa shape index (κ2) is 4.65. The quantitative estimate of drug-likeness (QED) is 0.801. The Morgan fingerprint density at radius 3 is 2.72 bits per heavy atom. The van der Waals surface area contributed by atoms with Crippen molar-refractivity contribution in [2.75, 3.05) is 5.73 Å². The first kappa shape index (κ1) is 11.6. The van der Waals surface area contributed by atoms with Crippen molar-refractivity contribution < 1.29 is 0 Å². The van der Waals surface area contributed by atoms with E-state index in [2.05, 4.69) is 15.0 Å². The van der Waals surface area contributed by atoms with E-state index < -0.39 is 0 Å². The van der Waals surface area contributed by atoms with E-state index in [-0.39, 0.29) is 0 Å². The van der Waals surface area contributed by atoms with Crippen LogP contribution in [0.25, 0.3) is 10.8 Å². The molecule has 3 rings (SSSR count). The van der Waals surface area contributed by atoms with E-state index in [0.29, 0.717) is 11.6 Å². The molecule has 18 heavy (non-hydrogen) atoms. The monoisotopic (exact) mass is 260 g/mol. The predicted octanol–water partition coefficient (Wildman–Crippen LogP) is 2.76. The number of aryl methyl sites for hydroxylation is 2. The van der Waals surface area contributed by atoms with Crippen molar-refractivity contribution in [2.24, 2.45) is 0 Å². The van der Waals surface area contributed by atoms with Gasteiger partial charge in [-0.05, 0) is 32.6 Å². The van der Waals surface area contributed by atoms with E-state index in [4.69, 9.17) is 5.73 Å². The number of hydrogen-bond acceptors (Lipinski definition) is 5. The van der Waals surface area contributed by atoms with E-state index in [1.165, 1.54) is 19.3 Å². The molecule has 0 saturated heterocycles. The second-order valence-electron chi connectivity index (χ2n) is 4.71. The van der Waals surface area contributed by atoms with Crippen LogP contribution in [0.15, 0.2) is 5.38 Å². The van der Waals surface area contributed by atoms with Crippen LogP contribution in [0.1, 0.15) is 36.2 Å². The molecule has 0 atom stereocenters. The first-order chi connectivity index (χ1) is 8.74. The van der Waals surface area contributed by atoms with Crippen LogP contribution >= 0.6 is 11.3 Å². The standard InChI is InChI=1S/C13H16N4S/c1-8-7-18-13(15-8)12-16-10-6-4-2-3-5-9(10)11(14)17-12/h7H,2-6H2,1H3,(H2,14,16,17). The van der Waals surface area contributed by atoms with Gasteiger partial charge in [0, 0.05) is 22.3 Å². The third kappa shape index (κ3) is 2.10. The Morgan fingerprint density at radius 2 is 1.94 bits per heavy atom. The SMILES string of the molecule is Cc1csc(-c2nc(N)c3c(n2)CCCCC3)n1. The largest absolute Gasteiger partial charge is 0.383 e. The van der Waals surface area contributed by atoms with Crippen LogP contribution in [-0.4, -0.2) is 15.0 Å². The summed E-state index contributed by atoms with van der Waals surface area (Å²) in [6.45, 7) is 1.98. The molecule has 2 aromatic heterocycles. The third-order valence-electron chi connectivity index (χ3n) is 3.28. The Balaban J connectivity index is 2.07. The van der Waals surface area contributed by atoms with E-state index in [1.807, 2.05) is 12.3 Å². The minimum atomic E-state index is 0.643. The van der Waals surface area contributed by atoms with Gasteiger partial charge in [-0.25, -0.2) is 15.0 Å². The summed E-state index contributed by atoms with van der Waals surface area (Å²) in [5.41, 5.74) is 9.37. The molecule has 0 fully saturated rings. The van der Waals surface area contributed by atoms with Gasteiger partial charge in [0.1, 0.15) is 5.82 Å². The number of nitrogens with two attached hydrogens (primary N) is 1. The topological polar surface area (TPSA) is 64.7 Å². The molecule has 0 aliphatic heterocycles. The van der Waals surface area contributed by atoms with Crippen molar-refractivity contribution >= 4 is 17.2 Å². The summed E-state index contributed by atoms with van der Waals surface area (Å²) in [6.07, 6.45) is 5.66. The molecule has 2 N–H and O–H groups in total. The molecule has 5 heteroatoms. The van der Waals surface area contributed by atoms with E-state index in [1.54, 1.807) is 11.3 Å². The Bertz CT molecular complexity index is 576. The lowest BCUT2D eigenvalue weighted by atomic mass is 10.1. The zero-order chi connectivity index (χ0) is 12.5. The maximum Gasteiger partial charge on any atom is 0.190 e. The highest BCUT2D eigenvalue weighted by atomic mass is 32.1. The molecular weight excluding hydrogens is 244 g/mol. The van der Waals surface area contributed by atoms with Crippen molar-refractivity contribution in [3.05, 3.63) is 22.3 Å². The fourth-order valence-corrected chi connectivity index (χ4v) is 3.08. The van der Waals surface area contributed by atoms with Gasteiger partial charge in [-0.1, -0.05) is 6.42 Å². The summed E-state index contributed by atoms with van der Waals surface area (Å²) in [6, 6.07) is 0. The maximum absolute atomic E-state index is 6.08. The van der Waals surface area contributed by atoms with Crippen LogP contribution in [0, 0.1) is 6.92 Å². The zero-order valence-corrected chi connectivity index (χ0v) is 11.3. The summed E-state index contributed by atoms with van der Waals surface area (Å²) in [4.78, 5) is 13.5. The van der Waals surface area contributed by atoms with E-state index in [9.17, 15) is 0 Å². The Hall–Kier alpha value is -1.49. The summed E-state index contributed by atoms with van der Waals surface area (Å²) in [5.74, 6) is 1.33. The highest BCUT2D eigenvalue weighted by molar-refractivity contribution is 7.13. The van der Waals surface area contributed by atoms with Crippen LogP contribution in [0.3, 0.4) is 0 Å². The summed E-state index contributed by atoms with van der Waals surface area (Å²) < 4.78 is 0. The van der Waals surface area contributed by atoms with E-state index >= 15 is 0 Å². The number of nitrogen functional groups attached to an aromatic ring is 1. The first-order valence-electron chi connectivity index (χ1n) is 6.32. The molecular formula is C13H16N4S. The summed E-state index contributed by atoms with van der Waals surface area (Å²) in [7, 11) is 0. The van der Waals surface area contributed by atoms with Gasteiger partial charge in [0.2, 0.25) is 0 Å². The van der Waals surface area contributed by atoms with Crippen LogP contribution in [0.5, 0.6) is 0 Å². The van der Waals surface area contributed by atoms with Gasteiger partial charge in [0.25, 0.3) is 0 Å². The maximum atomic E-state index is 6.08. The van der Waals surface area contributed by atoms with Gasteiger partial charge in [0.15, 0.2) is 10.8 Å². The molecule has 2 aromatic rings. The average molecular weight is 260 g/mol. The van der Waals surface area contributed by atoms with Gasteiger partial charge < -0.3 is 5.73 Å². The molecule has 1 aliphatic rings. The third-order valence-corrected chi connectivity index (χ3v) is 4.23. The lowest BCUT2D eigenvalue weighted by Crippen LogP contribution is -2.06. The minimum Gasteiger partial charge on any atom is -0.383 e. The van der Waals surface area contributed by atoms with Gasteiger partial charge >= 0.3 is 0 Å². The number of thiazole rings is 1. The lowest BCUT2D eigenvalue weighted by molar-refractivity contribution is 0.709. The number of aromatic nitrogens is 3. The molecule has 0 amide bonds. The fraction of sp³-hybridized carbons (Fsp3) is 0.462. The molecule has 0 bridgehead atoms. The van der Waals surface area contributed by atoms with Gasteiger partial charge in [-0.3, -0.25) is 0 Å². The van der Waals surface area contributed by atoms with Gasteiger partial charge in [-0.15, -0.1) is 11.3 Å². The molecule has 1 aliphatic carbocycles. The highest BCUT2D eigenvalue weighted by Crippen LogP contribution is 2.27. The number of hydrogen-bond donors (Lipinski definition) is 1. The fourth-order valence-electron chi connectivity index (χ4n) is 2.35. The van der Waals surface area contributed by atoms with Crippen LogP contribution in [0.2, 0.25) is 0 Å². The van der Waals surface area contributed by atoms with Crippen molar-refractivity contribution in [1.29, 1.82) is 0 Å². The van der Waals surface area contributed by atoms with Crippen LogP contribution < -0.4 is 5.73 Å². The lowest BCUT2D eigenvalue weighted by Gasteiger charge is -2.08. The zero-order valence-electron chi connectivity index (χ0n) is 10.4. The van der Waals surface area contributed by atoms with Crippen molar-refractivity contribution in [3.63, 3.8) is 0 Å². The number of nitrogens with zero attached hydrogens (tertiary/aromatic N) is 3. The van der Waals surface area contributed by atoms with Gasteiger partial charge in [0.05, 0.1) is 0 Å². The van der Waals surface area contributed by atoms with Crippen LogP contribution in [0.4, 0.5) is 5.82 Å². The van der Waals surface area contributed by atoms with E-state index in [0.717, 1.165) is 34.8 Å². The average Bonchev–Trinajstić information content (AvgIpc) is 2.63. The Kier molecular flexibility index (Phi) is 2.99. The molecule has 0 unspecified atom stereocenters. The first-order valence-corrected chi connectivity index (χ1v) is 7.20.